The molecule has 1 aliphatic rings. The number of hydrogen-bond acceptors (Lipinski definition) is 3. The zero-order valence-corrected chi connectivity index (χ0v) is 10.8. The van der Waals surface area contributed by atoms with Crippen LogP contribution in [0.1, 0.15) is 18.4 Å². The molecule has 94 valence electrons. The second-order valence-electron chi connectivity index (χ2n) is 4.46. The Balaban J connectivity index is 2.03. The van der Waals surface area contributed by atoms with Gasteiger partial charge < -0.3 is 5.32 Å². The van der Waals surface area contributed by atoms with Crippen LogP contribution >= 0.6 is 0 Å². The Hall–Kier alpha value is -0.910. The fraction of sp³-hybridized carbons (Fsp3) is 0.500. The first kappa shape index (κ1) is 12.5. The maximum Gasteiger partial charge on any atom is 0.240 e. The summed E-state index contributed by atoms with van der Waals surface area (Å²) in [6, 6.07) is 7.23. The van der Waals surface area contributed by atoms with Crippen LogP contribution < -0.4 is 10.0 Å². The van der Waals surface area contributed by atoms with Crippen LogP contribution in [0.4, 0.5) is 0 Å². The third kappa shape index (κ3) is 3.28. The molecule has 1 aromatic rings. The minimum atomic E-state index is -3.36. The molecule has 2 N–H and O–H groups in total. The number of rotatable bonds is 4. The van der Waals surface area contributed by atoms with Crippen molar-refractivity contribution in [2.24, 2.45) is 0 Å². The molecule has 0 radical (unpaired) electrons. The lowest BCUT2D eigenvalue weighted by Crippen LogP contribution is -2.37. The molecule has 0 bridgehead atoms. The van der Waals surface area contributed by atoms with E-state index in [0.29, 0.717) is 11.4 Å². The van der Waals surface area contributed by atoms with Gasteiger partial charge in [-0.25, -0.2) is 13.1 Å². The lowest BCUT2D eigenvalue weighted by atomic mass is 10.2. The van der Waals surface area contributed by atoms with E-state index in [1.807, 2.05) is 13.0 Å². The standard InChI is InChI=1S/C12H18N2O2S/c1-10-4-2-6-12(8-10)17(15,16)14-9-11-5-3-7-13-11/h2,4,6,8,11,13-14H,3,5,7,9H2,1H3. The molecule has 1 fully saturated rings. The van der Waals surface area contributed by atoms with Crippen molar-refractivity contribution >= 4 is 10.0 Å². The van der Waals surface area contributed by atoms with Gasteiger partial charge in [0.15, 0.2) is 0 Å². The van der Waals surface area contributed by atoms with E-state index in [9.17, 15) is 8.42 Å². The Morgan fingerprint density at radius 3 is 2.94 bits per heavy atom. The molecule has 1 aliphatic heterocycles. The minimum absolute atomic E-state index is 0.273. The summed E-state index contributed by atoms with van der Waals surface area (Å²) in [7, 11) is -3.36. The Kier molecular flexibility index (Phi) is 3.81. The Labute approximate surface area is 102 Å². The van der Waals surface area contributed by atoms with Crippen molar-refractivity contribution in [1.82, 2.24) is 10.0 Å². The van der Waals surface area contributed by atoms with Gasteiger partial charge in [-0.05, 0) is 44.0 Å². The summed E-state index contributed by atoms with van der Waals surface area (Å²) >= 11 is 0. The summed E-state index contributed by atoms with van der Waals surface area (Å²) in [5, 5.41) is 3.27. The van der Waals surface area contributed by atoms with E-state index in [1.54, 1.807) is 18.2 Å². The van der Waals surface area contributed by atoms with Gasteiger partial charge in [0, 0.05) is 12.6 Å². The molecule has 1 aromatic carbocycles. The van der Waals surface area contributed by atoms with Gasteiger partial charge in [0.2, 0.25) is 10.0 Å². The van der Waals surface area contributed by atoms with Crippen LogP contribution in [0, 0.1) is 6.92 Å². The van der Waals surface area contributed by atoms with Gasteiger partial charge in [-0.1, -0.05) is 12.1 Å². The van der Waals surface area contributed by atoms with Gasteiger partial charge in [0.05, 0.1) is 4.90 Å². The predicted octanol–water partition coefficient (Wildman–Crippen LogP) is 1.03. The zero-order valence-electron chi connectivity index (χ0n) is 9.94. The van der Waals surface area contributed by atoms with E-state index in [0.717, 1.165) is 24.9 Å². The molecule has 1 heterocycles. The number of benzene rings is 1. The van der Waals surface area contributed by atoms with Crippen molar-refractivity contribution in [3.05, 3.63) is 29.8 Å². The maximum absolute atomic E-state index is 12.0. The summed E-state index contributed by atoms with van der Waals surface area (Å²) in [5.74, 6) is 0. The summed E-state index contributed by atoms with van der Waals surface area (Å²) in [6.07, 6.45) is 2.16. The Morgan fingerprint density at radius 2 is 2.29 bits per heavy atom. The van der Waals surface area contributed by atoms with Crippen molar-refractivity contribution in [3.8, 4) is 0 Å². The van der Waals surface area contributed by atoms with Crippen molar-refractivity contribution < 1.29 is 8.42 Å². The molecule has 0 aromatic heterocycles. The molecule has 2 rings (SSSR count). The second-order valence-corrected chi connectivity index (χ2v) is 6.23. The molecular weight excluding hydrogens is 236 g/mol. The highest BCUT2D eigenvalue weighted by molar-refractivity contribution is 7.89. The molecule has 0 saturated carbocycles. The lowest BCUT2D eigenvalue weighted by molar-refractivity contribution is 0.551. The number of hydrogen-bond donors (Lipinski definition) is 2. The highest BCUT2D eigenvalue weighted by atomic mass is 32.2. The predicted molar refractivity (Wildman–Crippen MR) is 67.4 cm³/mol. The molecule has 0 amide bonds. The molecular formula is C12H18N2O2S. The Bertz CT molecular complexity index is 479. The normalized spacial score (nSPS) is 20.6. The van der Waals surface area contributed by atoms with Crippen molar-refractivity contribution in [2.45, 2.75) is 30.7 Å². The van der Waals surface area contributed by atoms with Gasteiger partial charge in [-0.3, -0.25) is 0 Å². The van der Waals surface area contributed by atoms with Gasteiger partial charge >= 0.3 is 0 Å². The van der Waals surface area contributed by atoms with Crippen molar-refractivity contribution in [2.75, 3.05) is 13.1 Å². The van der Waals surface area contributed by atoms with Crippen LogP contribution in [0.2, 0.25) is 0 Å². The van der Waals surface area contributed by atoms with E-state index in [2.05, 4.69) is 10.0 Å². The zero-order chi connectivity index (χ0) is 12.3. The fourth-order valence-corrected chi connectivity index (χ4v) is 3.19. The van der Waals surface area contributed by atoms with Gasteiger partial charge in [-0.2, -0.15) is 0 Å². The van der Waals surface area contributed by atoms with E-state index < -0.39 is 10.0 Å². The summed E-state index contributed by atoms with van der Waals surface area (Å²) in [6.45, 7) is 3.34. The average Bonchev–Trinajstić information content (AvgIpc) is 2.79. The lowest BCUT2D eigenvalue weighted by Gasteiger charge is -2.12. The molecule has 5 heteroatoms. The monoisotopic (exact) mass is 254 g/mol. The number of nitrogens with one attached hydrogen (secondary N) is 2. The molecule has 0 spiro atoms. The van der Waals surface area contributed by atoms with Crippen LogP contribution in [-0.2, 0) is 10.0 Å². The second kappa shape index (κ2) is 5.16. The van der Waals surface area contributed by atoms with E-state index in [4.69, 9.17) is 0 Å². The SMILES string of the molecule is Cc1cccc(S(=O)(=O)NCC2CCCN2)c1. The first-order valence-electron chi connectivity index (χ1n) is 5.88. The smallest absolute Gasteiger partial charge is 0.240 e. The highest BCUT2D eigenvalue weighted by Crippen LogP contribution is 2.11. The summed E-state index contributed by atoms with van der Waals surface area (Å²) < 4.78 is 26.7. The van der Waals surface area contributed by atoms with Crippen LogP contribution in [0.25, 0.3) is 0 Å². The quantitative estimate of drug-likeness (QED) is 0.843. The van der Waals surface area contributed by atoms with Crippen molar-refractivity contribution in [1.29, 1.82) is 0 Å². The molecule has 1 unspecified atom stereocenters. The number of aryl methyl sites for hydroxylation is 1. The molecule has 4 nitrogen and oxygen atoms in total. The highest BCUT2D eigenvalue weighted by Gasteiger charge is 2.18. The minimum Gasteiger partial charge on any atom is -0.313 e. The first-order valence-corrected chi connectivity index (χ1v) is 7.36. The van der Waals surface area contributed by atoms with Crippen LogP contribution in [-0.4, -0.2) is 27.5 Å². The third-order valence-corrected chi connectivity index (χ3v) is 4.40. The van der Waals surface area contributed by atoms with E-state index >= 15 is 0 Å². The van der Waals surface area contributed by atoms with Crippen LogP contribution in [0.15, 0.2) is 29.2 Å². The summed E-state index contributed by atoms with van der Waals surface area (Å²) in [5.41, 5.74) is 0.951. The van der Waals surface area contributed by atoms with Gasteiger partial charge in [0.1, 0.15) is 0 Å². The molecule has 1 atom stereocenters. The summed E-state index contributed by atoms with van der Waals surface area (Å²) in [4.78, 5) is 0.343. The van der Waals surface area contributed by atoms with Gasteiger partial charge in [-0.15, -0.1) is 0 Å². The van der Waals surface area contributed by atoms with E-state index in [-0.39, 0.29) is 6.04 Å². The molecule has 17 heavy (non-hydrogen) atoms. The third-order valence-electron chi connectivity index (χ3n) is 2.98. The van der Waals surface area contributed by atoms with Crippen molar-refractivity contribution in [3.63, 3.8) is 0 Å². The topological polar surface area (TPSA) is 58.2 Å². The number of sulfonamides is 1. The first-order chi connectivity index (χ1) is 8.08. The average molecular weight is 254 g/mol. The maximum atomic E-state index is 12.0. The van der Waals surface area contributed by atoms with Crippen LogP contribution in [0.5, 0.6) is 0 Å². The Morgan fingerprint density at radius 1 is 1.47 bits per heavy atom. The molecule has 0 aliphatic carbocycles. The van der Waals surface area contributed by atoms with Gasteiger partial charge in [0.25, 0.3) is 0 Å². The van der Waals surface area contributed by atoms with E-state index in [1.165, 1.54) is 0 Å². The largest absolute Gasteiger partial charge is 0.313 e. The fourth-order valence-electron chi connectivity index (χ4n) is 2.01. The van der Waals surface area contributed by atoms with Crippen LogP contribution in [0.3, 0.4) is 0 Å². The molecule has 1 saturated heterocycles.